The number of nitrogens with zero attached hydrogens (tertiary/aromatic N) is 2. The number of benzene rings is 1. The van der Waals surface area contributed by atoms with Gasteiger partial charge in [-0.3, -0.25) is 0 Å². The number of aliphatic hydroxyl groups is 1. The van der Waals surface area contributed by atoms with Crippen molar-refractivity contribution in [2.24, 2.45) is 5.92 Å². The van der Waals surface area contributed by atoms with Crippen molar-refractivity contribution in [2.45, 2.75) is 50.5 Å². The molecule has 0 amide bonds. The molecule has 2 fully saturated rings. The van der Waals surface area contributed by atoms with Gasteiger partial charge in [0.1, 0.15) is 11.6 Å². The molecule has 2 heterocycles. The standard InChI is InChI=1S/C22H30FN5O/c23-17-3-7-19(8-4-17)27-22-25-13-20(16-9-11-24-12-10-16)21(28-22)26-18-5-1-15(14-29)2-6-18/h3-4,7-8,13,15-16,18,24,29H,1-2,5-6,9-12,14H2,(H2,25,26,27,28). The zero-order valence-electron chi connectivity index (χ0n) is 16.7. The van der Waals surface area contributed by atoms with Gasteiger partial charge in [-0.2, -0.15) is 4.98 Å². The summed E-state index contributed by atoms with van der Waals surface area (Å²) in [6.07, 6.45) is 8.28. The van der Waals surface area contributed by atoms with Gasteiger partial charge in [-0.05, 0) is 87.7 Å². The van der Waals surface area contributed by atoms with Crippen LogP contribution in [0.4, 0.5) is 21.8 Å². The minimum absolute atomic E-state index is 0.265. The molecule has 0 radical (unpaired) electrons. The van der Waals surface area contributed by atoms with Gasteiger partial charge in [-0.1, -0.05) is 0 Å². The number of aliphatic hydroxyl groups excluding tert-OH is 1. The van der Waals surface area contributed by atoms with Crippen molar-refractivity contribution in [3.05, 3.63) is 41.8 Å². The first-order chi connectivity index (χ1) is 14.2. The first kappa shape index (κ1) is 20.0. The molecule has 29 heavy (non-hydrogen) atoms. The lowest BCUT2D eigenvalue weighted by atomic mass is 9.86. The lowest BCUT2D eigenvalue weighted by Crippen LogP contribution is -2.30. The van der Waals surface area contributed by atoms with Gasteiger partial charge in [0.15, 0.2) is 0 Å². The van der Waals surface area contributed by atoms with E-state index in [4.69, 9.17) is 4.98 Å². The van der Waals surface area contributed by atoms with Crippen molar-refractivity contribution in [2.75, 3.05) is 30.3 Å². The molecule has 156 valence electrons. The van der Waals surface area contributed by atoms with Crippen LogP contribution in [0.15, 0.2) is 30.5 Å². The molecule has 7 heteroatoms. The van der Waals surface area contributed by atoms with Crippen LogP contribution in [0.5, 0.6) is 0 Å². The number of rotatable bonds is 6. The Morgan fingerprint density at radius 1 is 1.03 bits per heavy atom. The van der Waals surface area contributed by atoms with Gasteiger partial charge in [0, 0.05) is 30.1 Å². The topological polar surface area (TPSA) is 82.1 Å². The van der Waals surface area contributed by atoms with E-state index in [0.29, 0.717) is 23.8 Å². The van der Waals surface area contributed by atoms with E-state index in [0.717, 1.165) is 63.1 Å². The summed E-state index contributed by atoms with van der Waals surface area (Å²) >= 11 is 0. The second-order valence-electron chi connectivity index (χ2n) is 8.20. The van der Waals surface area contributed by atoms with E-state index in [9.17, 15) is 9.50 Å². The molecule has 0 atom stereocenters. The van der Waals surface area contributed by atoms with Gasteiger partial charge in [-0.15, -0.1) is 0 Å². The van der Waals surface area contributed by atoms with Gasteiger partial charge in [0.2, 0.25) is 5.95 Å². The van der Waals surface area contributed by atoms with E-state index >= 15 is 0 Å². The van der Waals surface area contributed by atoms with Crippen molar-refractivity contribution >= 4 is 17.5 Å². The minimum Gasteiger partial charge on any atom is -0.396 e. The van der Waals surface area contributed by atoms with Gasteiger partial charge in [0.05, 0.1) is 0 Å². The molecule has 1 aliphatic carbocycles. The van der Waals surface area contributed by atoms with Crippen LogP contribution in [0.3, 0.4) is 0 Å². The van der Waals surface area contributed by atoms with E-state index in [-0.39, 0.29) is 12.4 Å². The smallest absolute Gasteiger partial charge is 0.229 e. The number of halogens is 1. The van der Waals surface area contributed by atoms with E-state index in [2.05, 4.69) is 20.9 Å². The predicted octanol–water partition coefficient (Wildman–Crippen LogP) is 3.79. The first-order valence-electron chi connectivity index (χ1n) is 10.7. The second-order valence-corrected chi connectivity index (χ2v) is 8.20. The van der Waals surface area contributed by atoms with Crippen molar-refractivity contribution in [1.82, 2.24) is 15.3 Å². The Labute approximate surface area is 171 Å². The average molecular weight is 400 g/mol. The number of aromatic nitrogens is 2. The quantitative estimate of drug-likeness (QED) is 0.592. The van der Waals surface area contributed by atoms with Crippen molar-refractivity contribution < 1.29 is 9.50 Å². The highest BCUT2D eigenvalue weighted by Gasteiger charge is 2.25. The molecule has 1 aliphatic heterocycles. The summed E-state index contributed by atoms with van der Waals surface area (Å²) in [4.78, 5) is 9.34. The Bertz CT molecular complexity index is 786. The summed E-state index contributed by atoms with van der Waals surface area (Å²) < 4.78 is 13.2. The molecule has 4 N–H and O–H groups in total. The van der Waals surface area contributed by atoms with Crippen LogP contribution in [0.2, 0.25) is 0 Å². The Morgan fingerprint density at radius 2 is 1.76 bits per heavy atom. The number of nitrogens with one attached hydrogen (secondary N) is 3. The fraction of sp³-hybridized carbons (Fsp3) is 0.545. The molecule has 1 aromatic heterocycles. The van der Waals surface area contributed by atoms with Crippen LogP contribution in [-0.4, -0.2) is 40.8 Å². The van der Waals surface area contributed by atoms with Crippen molar-refractivity contribution in [1.29, 1.82) is 0 Å². The summed E-state index contributed by atoms with van der Waals surface area (Å²) in [5, 5.41) is 19.7. The molecule has 0 bridgehead atoms. The predicted molar refractivity (Wildman–Crippen MR) is 113 cm³/mol. The van der Waals surface area contributed by atoms with Crippen molar-refractivity contribution in [3.8, 4) is 0 Å². The number of piperidine rings is 1. The highest BCUT2D eigenvalue weighted by molar-refractivity contribution is 5.57. The normalized spacial score (nSPS) is 23.0. The van der Waals surface area contributed by atoms with Crippen LogP contribution in [0.1, 0.15) is 50.0 Å². The van der Waals surface area contributed by atoms with Crippen LogP contribution >= 0.6 is 0 Å². The van der Waals surface area contributed by atoms with Crippen LogP contribution in [0.25, 0.3) is 0 Å². The van der Waals surface area contributed by atoms with Gasteiger partial charge in [0.25, 0.3) is 0 Å². The van der Waals surface area contributed by atoms with E-state index < -0.39 is 0 Å². The maximum Gasteiger partial charge on any atom is 0.229 e. The molecular weight excluding hydrogens is 369 g/mol. The Balaban J connectivity index is 1.53. The Hall–Kier alpha value is -2.25. The summed E-state index contributed by atoms with van der Waals surface area (Å²) in [6, 6.07) is 6.58. The second kappa shape index (κ2) is 9.50. The number of anilines is 3. The molecular formula is C22H30FN5O. The highest BCUT2D eigenvalue weighted by Crippen LogP contribution is 2.33. The third kappa shape index (κ3) is 5.22. The molecule has 1 saturated heterocycles. The molecule has 1 saturated carbocycles. The first-order valence-corrected chi connectivity index (χ1v) is 10.7. The Morgan fingerprint density at radius 3 is 2.45 bits per heavy atom. The van der Waals surface area contributed by atoms with E-state index in [1.807, 2.05) is 6.20 Å². The van der Waals surface area contributed by atoms with E-state index in [1.165, 1.54) is 17.7 Å². The summed E-state index contributed by atoms with van der Waals surface area (Å²) in [5.41, 5.74) is 1.94. The van der Waals surface area contributed by atoms with Crippen LogP contribution < -0.4 is 16.0 Å². The van der Waals surface area contributed by atoms with Crippen molar-refractivity contribution in [3.63, 3.8) is 0 Å². The fourth-order valence-corrected chi connectivity index (χ4v) is 4.34. The van der Waals surface area contributed by atoms with Crippen LogP contribution in [0, 0.1) is 11.7 Å². The number of hydrogen-bond acceptors (Lipinski definition) is 6. The third-order valence-electron chi connectivity index (χ3n) is 6.14. The average Bonchev–Trinajstić information content (AvgIpc) is 2.77. The molecule has 6 nitrogen and oxygen atoms in total. The van der Waals surface area contributed by atoms with Gasteiger partial charge in [-0.25, -0.2) is 9.37 Å². The van der Waals surface area contributed by atoms with Gasteiger partial charge >= 0.3 is 0 Å². The highest BCUT2D eigenvalue weighted by atomic mass is 19.1. The SMILES string of the molecule is OCC1CCC(Nc2nc(Nc3ccc(F)cc3)ncc2C2CCNCC2)CC1. The third-order valence-corrected chi connectivity index (χ3v) is 6.14. The fourth-order valence-electron chi connectivity index (χ4n) is 4.34. The maximum absolute atomic E-state index is 13.2. The molecule has 2 aliphatic rings. The summed E-state index contributed by atoms with van der Waals surface area (Å²) in [6.45, 7) is 2.31. The molecule has 1 aromatic carbocycles. The molecule has 4 rings (SSSR count). The minimum atomic E-state index is -0.265. The zero-order valence-corrected chi connectivity index (χ0v) is 16.7. The van der Waals surface area contributed by atoms with E-state index in [1.54, 1.807) is 12.1 Å². The molecule has 0 unspecified atom stereocenters. The lowest BCUT2D eigenvalue weighted by molar-refractivity contribution is 0.185. The van der Waals surface area contributed by atoms with Gasteiger partial charge < -0.3 is 21.1 Å². The largest absolute Gasteiger partial charge is 0.396 e. The molecule has 2 aromatic rings. The van der Waals surface area contributed by atoms with Crippen LogP contribution in [-0.2, 0) is 0 Å². The summed E-state index contributed by atoms with van der Waals surface area (Å²) in [5.74, 6) is 2.04. The number of hydrogen-bond donors (Lipinski definition) is 4. The lowest BCUT2D eigenvalue weighted by Gasteiger charge is -2.30. The monoisotopic (exact) mass is 399 g/mol. The molecule has 0 spiro atoms. The maximum atomic E-state index is 13.2. The Kier molecular flexibility index (Phi) is 6.56. The zero-order chi connectivity index (χ0) is 20.1. The summed E-state index contributed by atoms with van der Waals surface area (Å²) in [7, 11) is 0.